The van der Waals surface area contributed by atoms with Crippen molar-refractivity contribution < 1.29 is 51.9 Å². The SMILES string of the molecule is C[C@H](CCC(=O)NCCS(=O)(=O)[O-])[C@H]1CCC2C3C(C[C@H](O)[C@@]21C)[C@@]1(C)CC[C@@H](O)CC1C[C@H]3O.[Li+]. The Labute approximate surface area is 228 Å². The van der Waals surface area contributed by atoms with Gasteiger partial charge in [0.2, 0.25) is 5.91 Å². The molecule has 0 radical (unpaired) electrons. The summed E-state index contributed by atoms with van der Waals surface area (Å²) in [6.45, 7) is 6.48. The van der Waals surface area contributed by atoms with Crippen molar-refractivity contribution in [3.05, 3.63) is 0 Å². The minimum absolute atomic E-state index is 0. The number of carbonyl (C=O) groups excluding carboxylic acids is 1. The maximum atomic E-state index is 12.2. The summed E-state index contributed by atoms with van der Waals surface area (Å²) in [6.07, 6.45) is 5.58. The van der Waals surface area contributed by atoms with E-state index < -0.39 is 28.1 Å². The van der Waals surface area contributed by atoms with Gasteiger partial charge in [-0.05, 0) is 97.7 Å². The van der Waals surface area contributed by atoms with Crippen molar-refractivity contribution >= 4 is 16.0 Å². The molecule has 4 unspecified atom stereocenters. The van der Waals surface area contributed by atoms with Gasteiger partial charge in [-0.1, -0.05) is 20.8 Å². The molecule has 4 aliphatic carbocycles. The molecule has 10 heteroatoms. The van der Waals surface area contributed by atoms with Gasteiger partial charge < -0.3 is 25.2 Å². The van der Waals surface area contributed by atoms with Crippen LogP contribution in [0.2, 0.25) is 0 Å². The third-order valence-electron chi connectivity index (χ3n) is 11.0. The second-order valence-electron chi connectivity index (χ2n) is 12.7. The first-order valence-corrected chi connectivity index (χ1v) is 15.1. The van der Waals surface area contributed by atoms with Gasteiger partial charge in [0.1, 0.15) is 0 Å². The Morgan fingerprint density at radius 2 is 1.78 bits per heavy atom. The number of aliphatic hydroxyl groups excluding tert-OH is 3. The molecular weight excluding hydrogens is 477 g/mol. The van der Waals surface area contributed by atoms with Crippen LogP contribution in [-0.4, -0.2) is 64.8 Å². The normalized spacial score (nSPS) is 45.0. The number of rotatable bonds is 7. The summed E-state index contributed by atoms with van der Waals surface area (Å²) in [4.78, 5) is 12.2. The first-order chi connectivity index (χ1) is 16.3. The standard InChI is InChI=1S/C26H45NO7S.Li/c1-15(4-7-23(31)27-10-11-35(32,33)34)18-5-6-19-24-20(14-22(30)26(18,19)3)25(2)9-8-17(28)12-16(25)13-21(24)29;/h15-22,24,28-30H,4-14H2,1-3H3,(H,27,31)(H,32,33,34);/q;+1/p-1/t15-,16?,17-,18-,19?,20?,21-,22+,24?,25+,26-;/m1./s1. The minimum Gasteiger partial charge on any atom is -0.748 e. The maximum Gasteiger partial charge on any atom is 1.00 e. The van der Waals surface area contributed by atoms with Crippen LogP contribution < -0.4 is 24.2 Å². The van der Waals surface area contributed by atoms with Crippen LogP contribution in [0.1, 0.15) is 78.6 Å². The molecule has 11 atom stereocenters. The predicted octanol–water partition coefficient (Wildman–Crippen LogP) is -0.970. The molecule has 0 spiro atoms. The molecule has 0 saturated heterocycles. The molecule has 4 fully saturated rings. The van der Waals surface area contributed by atoms with Crippen LogP contribution in [0.25, 0.3) is 0 Å². The van der Waals surface area contributed by atoms with Crippen molar-refractivity contribution in [2.45, 2.75) is 96.9 Å². The van der Waals surface area contributed by atoms with Crippen LogP contribution >= 0.6 is 0 Å². The number of fused-ring (bicyclic) bond motifs is 5. The molecule has 0 aromatic carbocycles. The van der Waals surface area contributed by atoms with Gasteiger partial charge >= 0.3 is 18.9 Å². The average molecular weight is 522 g/mol. The molecule has 4 aliphatic rings. The van der Waals surface area contributed by atoms with Crippen molar-refractivity contribution in [1.29, 1.82) is 0 Å². The summed E-state index contributed by atoms with van der Waals surface area (Å²) in [6, 6.07) is 0. The van der Waals surface area contributed by atoms with Gasteiger partial charge in [-0.15, -0.1) is 0 Å². The van der Waals surface area contributed by atoms with Crippen LogP contribution in [0, 0.1) is 46.3 Å². The number of amides is 1. The Morgan fingerprint density at radius 1 is 1.08 bits per heavy atom. The largest absolute Gasteiger partial charge is 1.00 e. The van der Waals surface area contributed by atoms with Crippen molar-refractivity contribution in [2.75, 3.05) is 12.3 Å². The van der Waals surface area contributed by atoms with E-state index in [0.717, 1.165) is 38.5 Å². The topological polar surface area (TPSA) is 147 Å². The molecular formula is C26H44LiNO7S. The molecule has 0 aliphatic heterocycles. The zero-order valence-electron chi connectivity index (χ0n) is 22.4. The summed E-state index contributed by atoms with van der Waals surface area (Å²) in [5.74, 6) is 0.522. The van der Waals surface area contributed by atoms with Crippen molar-refractivity contribution in [2.24, 2.45) is 46.3 Å². The molecule has 1 amide bonds. The average Bonchev–Trinajstić information content (AvgIpc) is 3.12. The second-order valence-corrected chi connectivity index (χ2v) is 14.2. The van der Waals surface area contributed by atoms with Gasteiger partial charge in [0, 0.05) is 13.0 Å². The van der Waals surface area contributed by atoms with Crippen molar-refractivity contribution in [3.8, 4) is 0 Å². The van der Waals surface area contributed by atoms with E-state index in [2.05, 4.69) is 26.1 Å². The molecule has 0 aromatic rings. The summed E-state index contributed by atoms with van der Waals surface area (Å²) >= 11 is 0. The molecule has 8 nitrogen and oxygen atoms in total. The van der Waals surface area contributed by atoms with Gasteiger partial charge in [-0.3, -0.25) is 4.79 Å². The first kappa shape index (κ1) is 30.4. The Morgan fingerprint density at radius 3 is 2.44 bits per heavy atom. The number of nitrogens with one attached hydrogen (secondary N) is 1. The van der Waals surface area contributed by atoms with Crippen LogP contribution in [0.3, 0.4) is 0 Å². The molecule has 4 saturated carbocycles. The summed E-state index contributed by atoms with van der Waals surface area (Å²) in [5.41, 5.74) is -0.267. The number of carbonyl (C=O) groups is 1. The zero-order chi connectivity index (χ0) is 25.8. The summed E-state index contributed by atoms with van der Waals surface area (Å²) in [7, 11) is -4.35. The van der Waals surface area contributed by atoms with E-state index in [4.69, 9.17) is 0 Å². The molecule has 4 N–H and O–H groups in total. The first-order valence-electron chi connectivity index (χ1n) is 13.5. The van der Waals surface area contributed by atoms with Crippen LogP contribution in [0.15, 0.2) is 0 Å². The Kier molecular flexibility index (Phi) is 9.42. The maximum absolute atomic E-state index is 12.2. The van der Waals surface area contributed by atoms with Gasteiger partial charge in [0.15, 0.2) is 0 Å². The molecule has 202 valence electrons. The fourth-order valence-electron chi connectivity index (χ4n) is 9.10. The van der Waals surface area contributed by atoms with E-state index in [1.807, 2.05) is 0 Å². The zero-order valence-corrected chi connectivity index (χ0v) is 23.2. The van der Waals surface area contributed by atoms with Crippen molar-refractivity contribution in [1.82, 2.24) is 5.32 Å². The summed E-state index contributed by atoms with van der Waals surface area (Å²) < 4.78 is 32.2. The van der Waals surface area contributed by atoms with Gasteiger partial charge in [-0.2, -0.15) is 0 Å². The van der Waals surface area contributed by atoms with E-state index in [9.17, 15) is 33.1 Å². The van der Waals surface area contributed by atoms with Crippen molar-refractivity contribution in [3.63, 3.8) is 0 Å². The van der Waals surface area contributed by atoms with E-state index in [1.54, 1.807) is 0 Å². The second kappa shape index (κ2) is 11.2. The molecule has 0 heterocycles. The van der Waals surface area contributed by atoms with Gasteiger partial charge in [0.25, 0.3) is 0 Å². The van der Waals surface area contributed by atoms with E-state index in [0.29, 0.717) is 18.8 Å². The Bertz CT molecular complexity index is 903. The van der Waals surface area contributed by atoms with Gasteiger partial charge in [0.05, 0.1) is 34.2 Å². The smallest absolute Gasteiger partial charge is 0.748 e. The Balaban J connectivity index is 0.00000361. The monoisotopic (exact) mass is 521 g/mol. The third-order valence-corrected chi connectivity index (χ3v) is 11.7. The van der Waals surface area contributed by atoms with E-state index in [-0.39, 0.29) is 84.3 Å². The Hall–Kier alpha value is -0.143. The number of aliphatic hydroxyl groups is 3. The minimum atomic E-state index is -4.35. The fraction of sp³-hybridized carbons (Fsp3) is 0.962. The molecule has 4 rings (SSSR count). The summed E-state index contributed by atoms with van der Waals surface area (Å²) in [5, 5.41) is 35.7. The third kappa shape index (κ3) is 5.59. The predicted molar refractivity (Wildman–Crippen MR) is 130 cm³/mol. The van der Waals surface area contributed by atoms with Crippen LogP contribution in [-0.2, 0) is 14.9 Å². The number of hydrogen-bond donors (Lipinski definition) is 4. The fourth-order valence-corrected chi connectivity index (χ4v) is 9.45. The number of hydrogen-bond acceptors (Lipinski definition) is 7. The van der Waals surface area contributed by atoms with Crippen LogP contribution in [0.5, 0.6) is 0 Å². The van der Waals surface area contributed by atoms with Gasteiger partial charge in [-0.25, -0.2) is 8.42 Å². The van der Waals surface area contributed by atoms with E-state index in [1.165, 1.54) is 0 Å². The quantitative estimate of drug-likeness (QED) is 0.249. The van der Waals surface area contributed by atoms with Crippen LogP contribution in [0.4, 0.5) is 0 Å². The molecule has 0 aromatic heterocycles. The molecule has 36 heavy (non-hydrogen) atoms. The molecule has 0 bridgehead atoms. The van der Waals surface area contributed by atoms with E-state index >= 15 is 0 Å².